The Bertz CT molecular complexity index is 751. The van der Waals surface area contributed by atoms with Crippen LogP contribution in [0.4, 0.5) is 0 Å². The number of allylic oxidation sites excluding steroid dienone is 5. The summed E-state index contributed by atoms with van der Waals surface area (Å²) in [6.45, 7) is 8.39. The maximum Gasteiger partial charge on any atom is 0.303 e. The summed E-state index contributed by atoms with van der Waals surface area (Å²) in [5.74, 6) is -1.06. The van der Waals surface area contributed by atoms with Crippen LogP contribution >= 0.6 is 11.8 Å². The molecular formula is C21H36N2O5S2. The molecule has 0 aliphatic rings. The average molecular weight is 461 g/mol. The summed E-state index contributed by atoms with van der Waals surface area (Å²) < 4.78 is 23.3. The van der Waals surface area contributed by atoms with Gasteiger partial charge in [0.2, 0.25) is 15.9 Å². The lowest BCUT2D eigenvalue weighted by Gasteiger charge is -2.15. The zero-order valence-corrected chi connectivity index (χ0v) is 20.1. The molecule has 0 bridgehead atoms. The van der Waals surface area contributed by atoms with E-state index in [-0.39, 0.29) is 18.6 Å². The fourth-order valence-corrected chi connectivity index (χ4v) is 4.58. The summed E-state index contributed by atoms with van der Waals surface area (Å²) in [5, 5.41) is 14.8. The predicted molar refractivity (Wildman–Crippen MR) is 125 cm³/mol. The van der Waals surface area contributed by atoms with Crippen molar-refractivity contribution in [1.29, 1.82) is 0 Å². The van der Waals surface area contributed by atoms with E-state index in [0.29, 0.717) is 5.75 Å². The average Bonchev–Trinajstić information content (AvgIpc) is 2.61. The molecule has 1 atom stereocenters. The standard InChI is InChI=1S/C21H36N2O5S2/c1-16(2)7-5-8-17(3)9-6-10-18(4)13-14-29-15-20(30(22,27)28)23-19(24)11-12-21(25)26/h7,9,13,20H,5-6,8,10-12,14-15H2,1-4H3,(H,23,24)(H,25,26)(H2,22,27,28). The molecule has 172 valence electrons. The van der Waals surface area contributed by atoms with E-state index in [2.05, 4.69) is 38.2 Å². The summed E-state index contributed by atoms with van der Waals surface area (Å²) in [5.41, 5.74) is 3.93. The van der Waals surface area contributed by atoms with Gasteiger partial charge in [-0.3, -0.25) is 9.59 Å². The number of primary sulfonamides is 1. The molecule has 0 aliphatic heterocycles. The minimum Gasteiger partial charge on any atom is -0.481 e. The molecule has 0 saturated carbocycles. The van der Waals surface area contributed by atoms with Crippen molar-refractivity contribution in [3.05, 3.63) is 34.9 Å². The minimum absolute atomic E-state index is 0.102. The van der Waals surface area contributed by atoms with E-state index in [4.69, 9.17) is 10.2 Å². The van der Waals surface area contributed by atoms with Crippen molar-refractivity contribution in [3.8, 4) is 0 Å². The van der Waals surface area contributed by atoms with Gasteiger partial charge in [0.25, 0.3) is 0 Å². The third kappa shape index (κ3) is 16.2. The maximum atomic E-state index is 11.7. The number of carbonyl (C=O) groups excluding carboxylic acids is 1. The molecule has 7 nitrogen and oxygen atoms in total. The first kappa shape index (κ1) is 28.4. The number of nitrogens with one attached hydrogen (secondary N) is 1. The molecule has 0 fully saturated rings. The third-order valence-corrected chi connectivity index (χ3v) is 6.49. The van der Waals surface area contributed by atoms with Crippen LogP contribution < -0.4 is 10.5 Å². The molecule has 30 heavy (non-hydrogen) atoms. The van der Waals surface area contributed by atoms with Crippen molar-refractivity contribution >= 4 is 33.7 Å². The lowest BCUT2D eigenvalue weighted by atomic mass is 10.1. The number of aliphatic carboxylic acids is 1. The summed E-state index contributed by atoms with van der Waals surface area (Å²) in [7, 11) is -3.97. The molecule has 9 heteroatoms. The number of carboxylic acids is 1. The Morgan fingerprint density at radius 3 is 2.07 bits per heavy atom. The molecule has 0 rings (SSSR count). The summed E-state index contributed by atoms with van der Waals surface area (Å²) in [6.07, 6.45) is 9.93. The number of sulfonamides is 1. The first-order chi connectivity index (χ1) is 13.9. The largest absolute Gasteiger partial charge is 0.481 e. The molecule has 0 radical (unpaired) electrons. The Kier molecular flexibility index (Phi) is 14.5. The van der Waals surface area contributed by atoms with Gasteiger partial charge < -0.3 is 10.4 Å². The van der Waals surface area contributed by atoms with Crippen LogP contribution in [0.25, 0.3) is 0 Å². The molecule has 0 aromatic carbocycles. The van der Waals surface area contributed by atoms with Crippen molar-refractivity contribution in [2.75, 3.05) is 11.5 Å². The van der Waals surface area contributed by atoms with E-state index in [1.807, 2.05) is 13.0 Å². The topological polar surface area (TPSA) is 127 Å². The minimum atomic E-state index is -3.97. The predicted octanol–water partition coefficient (Wildman–Crippen LogP) is 3.73. The fourth-order valence-electron chi connectivity index (χ4n) is 2.41. The van der Waals surface area contributed by atoms with Gasteiger partial charge in [-0.25, -0.2) is 13.6 Å². The number of nitrogens with two attached hydrogens (primary N) is 1. The third-order valence-electron chi connectivity index (χ3n) is 4.23. The first-order valence-electron chi connectivity index (χ1n) is 9.97. The smallest absolute Gasteiger partial charge is 0.303 e. The normalized spacial score (nSPS) is 13.6. The first-order valence-corrected chi connectivity index (χ1v) is 12.7. The van der Waals surface area contributed by atoms with Crippen LogP contribution in [0.3, 0.4) is 0 Å². The molecule has 1 unspecified atom stereocenters. The number of amides is 1. The number of hydrogen-bond donors (Lipinski definition) is 3. The molecule has 0 aliphatic carbocycles. The highest BCUT2D eigenvalue weighted by atomic mass is 32.2. The van der Waals surface area contributed by atoms with Crippen LogP contribution in [0.15, 0.2) is 34.9 Å². The van der Waals surface area contributed by atoms with Gasteiger partial charge in [0.1, 0.15) is 0 Å². The second kappa shape index (κ2) is 15.3. The summed E-state index contributed by atoms with van der Waals surface area (Å²) in [4.78, 5) is 22.2. The van der Waals surface area contributed by atoms with Gasteiger partial charge in [-0.2, -0.15) is 11.8 Å². The Hall–Kier alpha value is -1.58. The molecule has 0 aromatic heterocycles. The van der Waals surface area contributed by atoms with E-state index in [1.165, 1.54) is 28.5 Å². The van der Waals surface area contributed by atoms with Gasteiger partial charge in [0, 0.05) is 17.9 Å². The van der Waals surface area contributed by atoms with E-state index in [9.17, 15) is 18.0 Å². The van der Waals surface area contributed by atoms with Crippen LogP contribution in [0.2, 0.25) is 0 Å². The number of carboxylic acid groups (broad SMARTS) is 1. The number of rotatable bonds is 15. The molecule has 0 saturated heterocycles. The quantitative estimate of drug-likeness (QED) is 0.252. The molecule has 4 N–H and O–H groups in total. The van der Waals surface area contributed by atoms with Crippen LogP contribution in [0.1, 0.15) is 66.2 Å². The fraction of sp³-hybridized carbons (Fsp3) is 0.619. The van der Waals surface area contributed by atoms with Crippen molar-refractivity contribution < 1.29 is 23.1 Å². The van der Waals surface area contributed by atoms with Crippen molar-refractivity contribution in [3.63, 3.8) is 0 Å². The van der Waals surface area contributed by atoms with Crippen molar-refractivity contribution in [1.82, 2.24) is 5.32 Å². The monoisotopic (exact) mass is 460 g/mol. The van der Waals surface area contributed by atoms with E-state index in [1.54, 1.807) is 0 Å². The second-order valence-electron chi connectivity index (χ2n) is 7.54. The lowest BCUT2D eigenvalue weighted by molar-refractivity contribution is -0.138. The number of thioether (sulfide) groups is 1. The number of hydrogen-bond acceptors (Lipinski definition) is 5. The molecule has 0 heterocycles. The Balaban J connectivity index is 4.37. The van der Waals surface area contributed by atoms with Crippen LogP contribution in [0, 0.1) is 0 Å². The lowest BCUT2D eigenvalue weighted by Crippen LogP contribution is -2.45. The van der Waals surface area contributed by atoms with Crippen LogP contribution in [-0.2, 0) is 19.6 Å². The van der Waals surface area contributed by atoms with E-state index >= 15 is 0 Å². The highest BCUT2D eigenvalue weighted by molar-refractivity contribution is 8.00. The molecule has 0 spiro atoms. The van der Waals surface area contributed by atoms with Gasteiger partial charge >= 0.3 is 5.97 Å². The van der Waals surface area contributed by atoms with Gasteiger partial charge in [-0.05, 0) is 53.4 Å². The maximum absolute atomic E-state index is 11.7. The van der Waals surface area contributed by atoms with E-state index < -0.39 is 27.3 Å². The van der Waals surface area contributed by atoms with Crippen molar-refractivity contribution in [2.24, 2.45) is 5.14 Å². The van der Waals surface area contributed by atoms with Gasteiger partial charge in [0.15, 0.2) is 5.37 Å². The highest BCUT2D eigenvalue weighted by Gasteiger charge is 2.23. The van der Waals surface area contributed by atoms with E-state index in [0.717, 1.165) is 25.7 Å². The van der Waals surface area contributed by atoms with Gasteiger partial charge in [-0.1, -0.05) is 34.9 Å². The Morgan fingerprint density at radius 1 is 0.967 bits per heavy atom. The van der Waals surface area contributed by atoms with Gasteiger partial charge in [-0.15, -0.1) is 0 Å². The summed E-state index contributed by atoms with van der Waals surface area (Å²) in [6, 6.07) is 0. The zero-order valence-electron chi connectivity index (χ0n) is 18.4. The molecule has 0 aromatic rings. The van der Waals surface area contributed by atoms with Crippen LogP contribution in [-0.4, -0.2) is 42.3 Å². The summed E-state index contributed by atoms with van der Waals surface area (Å²) >= 11 is 1.35. The van der Waals surface area contributed by atoms with Crippen LogP contribution in [0.5, 0.6) is 0 Å². The highest BCUT2D eigenvalue weighted by Crippen LogP contribution is 2.13. The Labute approximate surface area is 185 Å². The van der Waals surface area contributed by atoms with Gasteiger partial charge in [0.05, 0.1) is 6.42 Å². The molecular weight excluding hydrogens is 424 g/mol. The SMILES string of the molecule is CC(C)=CCCC(C)=CCCC(C)=CCSCC(NC(=O)CCC(=O)O)S(N)(=O)=O. The zero-order chi connectivity index (χ0) is 23.2. The Morgan fingerprint density at radius 2 is 1.53 bits per heavy atom. The number of carbonyl (C=O) groups is 2. The van der Waals surface area contributed by atoms with Crippen molar-refractivity contribution in [2.45, 2.75) is 71.6 Å². The second-order valence-corrected chi connectivity index (χ2v) is 10.4. The molecule has 1 amide bonds.